The van der Waals surface area contributed by atoms with Gasteiger partial charge in [0.1, 0.15) is 13.2 Å². The highest BCUT2D eigenvalue weighted by molar-refractivity contribution is 7.91. The van der Waals surface area contributed by atoms with Crippen molar-refractivity contribution in [2.24, 2.45) is 0 Å². The lowest BCUT2D eigenvalue weighted by Gasteiger charge is -2.22. The molecule has 48 heavy (non-hydrogen) atoms. The second-order valence-corrected chi connectivity index (χ2v) is 14.8. The van der Waals surface area contributed by atoms with E-state index in [2.05, 4.69) is 30.4 Å². The average molecular weight is 705 g/mol. The fourth-order valence-corrected chi connectivity index (χ4v) is 6.64. The first-order chi connectivity index (χ1) is 22.7. The van der Waals surface area contributed by atoms with E-state index in [-0.39, 0.29) is 0 Å². The fraction of sp³-hybridized carbons (Fsp3) is 0.438. The predicted molar refractivity (Wildman–Crippen MR) is 186 cm³/mol. The summed E-state index contributed by atoms with van der Waals surface area (Å²) in [5.74, 6) is -1.19. The van der Waals surface area contributed by atoms with Gasteiger partial charge in [0.15, 0.2) is 10.1 Å². The summed E-state index contributed by atoms with van der Waals surface area (Å²) in [5, 5.41) is 4.25. The zero-order valence-electron chi connectivity index (χ0n) is 28.1. The number of rotatable bonds is 16. The maximum Gasteiger partial charge on any atom is 0.411 e. The number of amides is 2. The SMILES string of the molecule is CCN(CC)c1ccc(NC(=O)OCCS(=O)(=O)c2cnc(S(=O)(=O)CCOC(=O)Nc3ccc(N(CC)CC)cc3C)cn2)c(C)c1. The molecule has 0 aliphatic rings. The Hall–Kier alpha value is -4.44. The summed E-state index contributed by atoms with van der Waals surface area (Å²) in [4.78, 5) is 36.4. The summed E-state index contributed by atoms with van der Waals surface area (Å²) in [6.45, 7) is 14.3. The number of hydrogen-bond donors (Lipinski definition) is 2. The summed E-state index contributed by atoms with van der Waals surface area (Å²) in [6, 6.07) is 11.1. The number of ether oxygens (including phenoxy) is 2. The van der Waals surface area contributed by atoms with Crippen LogP contribution in [0, 0.1) is 13.8 Å². The molecule has 262 valence electrons. The molecule has 0 spiro atoms. The molecule has 0 aliphatic carbocycles. The molecule has 0 aliphatic heterocycles. The number of aryl methyl sites for hydroxylation is 2. The van der Waals surface area contributed by atoms with E-state index < -0.39 is 66.6 Å². The van der Waals surface area contributed by atoms with Gasteiger partial charge in [-0.05, 0) is 89.1 Å². The second kappa shape index (κ2) is 17.1. The van der Waals surface area contributed by atoms with Crippen molar-refractivity contribution < 1.29 is 35.9 Å². The monoisotopic (exact) mass is 704 g/mol. The third-order valence-electron chi connectivity index (χ3n) is 7.56. The lowest BCUT2D eigenvalue weighted by molar-refractivity contribution is 0.167. The minimum Gasteiger partial charge on any atom is -0.448 e. The number of aromatic nitrogens is 2. The zero-order valence-corrected chi connectivity index (χ0v) is 29.8. The Morgan fingerprint density at radius 3 is 1.29 bits per heavy atom. The summed E-state index contributed by atoms with van der Waals surface area (Å²) >= 11 is 0. The van der Waals surface area contributed by atoms with E-state index >= 15 is 0 Å². The van der Waals surface area contributed by atoms with Crippen LogP contribution in [0.25, 0.3) is 0 Å². The summed E-state index contributed by atoms with van der Waals surface area (Å²) in [5.41, 5.74) is 4.72. The van der Waals surface area contributed by atoms with Crippen LogP contribution in [-0.2, 0) is 29.1 Å². The number of nitrogens with zero attached hydrogens (tertiary/aromatic N) is 4. The third kappa shape index (κ3) is 10.3. The van der Waals surface area contributed by atoms with Crippen molar-refractivity contribution in [3.8, 4) is 0 Å². The van der Waals surface area contributed by atoms with Gasteiger partial charge >= 0.3 is 12.2 Å². The first-order valence-electron chi connectivity index (χ1n) is 15.6. The predicted octanol–water partition coefficient (Wildman–Crippen LogP) is 4.83. The van der Waals surface area contributed by atoms with Crippen molar-refractivity contribution in [1.82, 2.24) is 9.97 Å². The smallest absolute Gasteiger partial charge is 0.411 e. The van der Waals surface area contributed by atoms with Crippen LogP contribution in [0.4, 0.5) is 32.3 Å². The molecule has 0 atom stereocenters. The highest BCUT2D eigenvalue weighted by Crippen LogP contribution is 2.24. The molecule has 0 saturated carbocycles. The Kier molecular flexibility index (Phi) is 13.5. The van der Waals surface area contributed by atoms with E-state index in [1.807, 2.05) is 65.8 Å². The van der Waals surface area contributed by atoms with Crippen LogP contribution < -0.4 is 20.4 Å². The zero-order chi connectivity index (χ0) is 35.5. The van der Waals surface area contributed by atoms with Crippen LogP contribution in [0.3, 0.4) is 0 Å². The molecule has 0 saturated heterocycles. The van der Waals surface area contributed by atoms with Gasteiger partial charge in [-0.15, -0.1) is 0 Å². The molecule has 2 N–H and O–H groups in total. The maximum atomic E-state index is 12.7. The minimum atomic E-state index is -4.05. The Labute approximate surface area is 282 Å². The van der Waals surface area contributed by atoms with Crippen molar-refractivity contribution in [1.29, 1.82) is 0 Å². The molecule has 1 aromatic heterocycles. The standard InChI is InChI=1S/C32H44N6O8S2/c1-7-37(8-2)25-11-13-27(23(5)19-25)35-31(39)45-15-17-47(41,42)29-21-34-30(22-33-29)48(43,44)18-16-46-32(40)36-28-14-12-26(20-24(28)6)38(9-3)10-4/h11-14,19-22H,7-10,15-18H2,1-6H3,(H,35,39)(H,36,40). The Morgan fingerprint density at radius 2 is 1.00 bits per heavy atom. The van der Waals surface area contributed by atoms with Crippen LogP contribution >= 0.6 is 0 Å². The van der Waals surface area contributed by atoms with Crippen molar-refractivity contribution in [2.45, 2.75) is 51.6 Å². The van der Waals surface area contributed by atoms with Crippen LogP contribution in [0.5, 0.6) is 0 Å². The van der Waals surface area contributed by atoms with E-state index in [1.54, 1.807) is 12.1 Å². The Bertz CT molecular complexity index is 1650. The maximum absolute atomic E-state index is 12.7. The first-order valence-corrected chi connectivity index (χ1v) is 18.9. The van der Waals surface area contributed by atoms with E-state index in [1.165, 1.54) is 0 Å². The molecular formula is C32H44N6O8S2. The lowest BCUT2D eigenvalue weighted by atomic mass is 10.1. The van der Waals surface area contributed by atoms with Crippen molar-refractivity contribution in [3.05, 3.63) is 59.9 Å². The number of benzene rings is 2. The molecule has 2 aromatic carbocycles. The number of nitrogens with one attached hydrogen (secondary N) is 2. The summed E-state index contributed by atoms with van der Waals surface area (Å²) < 4.78 is 61.0. The number of sulfone groups is 2. The van der Waals surface area contributed by atoms with Crippen LogP contribution in [0.15, 0.2) is 58.8 Å². The van der Waals surface area contributed by atoms with Gasteiger partial charge in [-0.25, -0.2) is 36.4 Å². The van der Waals surface area contributed by atoms with Gasteiger partial charge in [-0.2, -0.15) is 0 Å². The Balaban J connectivity index is 1.48. The summed E-state index contributed by atoms with van der Waals surface area (Å²) in [7, 11) is -8.10. The third-order valence-corrected chi connectivity index (χ3v) is 10.7. The molecule has 0 unspecified atom stereocenters. The molecule has 3 aromatic rings. The van der Waals surface area contributed by atoms with Crippen LogP contribution in [0.2, 0.25) is 0 Å². The minimum absolute atomic E-state index is 0.467. The van der Waals surface area contributed by atoms with E-state index in [4.69, 9.17) is 9.47 Å². The molecule has 1 heterocycles. The molecule has 3 rings (SSSR count). The highest BCUT2D eigenvalue weighted by Gasteiger charge is 2.22. The van der Waals surface area contributed by atoms with Gasteiger partial charge in [-0.1, -0.05) is 0 Å². The molecule has 14 nitrogen and oxygen atoms in total. The number of carbonyl (C=O) groups excluding carboxylic acids is 2. The van der Waals surface area contributed by atoms with E-state index in [0.29, 0.717) is 11.4 Å². The Morgan fingerprint density at radius 1 is 0.646 bits per heavy atom. The normalized spacial score (nSPS) is 11.5. The number of anilines is 4. The molecule has 0 bridgehead atoms. The van der Waals surface area contributed by atoms with Gasteiger partial charge in [0.2, 0.25) is 19.7 Å². The topological polar surface area (TPSA) is 177 Å². The molecule has 16 heteroatoms. The van der Waals surface area contributed by atoms with Gasteiger partial charge in [0.25, 0.3) is 0 Å². The highest BCUT2D eigenvalue weighted by atomic mass is 32.2. The van der Waals surface area contributed by atoms with Crippen molar-refractivity contribution in [3.63, 3.8) is 0 Å². The largest absolute Gasteiger partial charge is 0.448 e. The average Bonchev–Trinajstić information content (AvgIpc) is 3.04. The van der Waals surface area contributed by atoms with Gasteiger partial charge < -0.3 is 19.3 Å². The molecular weight excluding hydrogens is 661 g/mol. The summed E-state index contributed by atoms with van der Waals surface area (Å²) in [6.07, 6.45) is -0.00547. The molecule has 2 amide bonds. The van der Waals surface area contributed by atoms with Crippen molar-refractivity contribution in [2.75, 3.05) is 71.3 Å². The lowest BCUT2D eigenvalue weighted by Crippen LogP contribution is -2.23. The van der Waals surface area contributed by atoms with E-state index in [9.17, 15) is 26.4 Å². The quantitative estimate of drug-likeness (QED) is 0.208. The first kappa shape index (κ1) is 38.0. The van der Waals surface area contributed by atoms with Gasteiger partial charge in [-0.3, -0.25) is 10.6 Å². The van der Waals surface area contributed by atoms with Gasteiger partial charge in [0.05, 0.1) is 23.9 Å². The number of hydrogen-bond acceptors (Lipinski definition) is 12. The second-order valence-electron chi connectivity index (χ2n) is 10.7. The number of carbonyl (C=O) groups is 2. The fourth-order valence-electron chi connectivity index (χ4n) is 4.76. The van der Waals surface area contributed by atoms with Crippen LogP contribution in [0.1, 0.15) is 38.8 Å². The van der Waals surface area contributed by atoms with E-state index in [0.717, 1.165) is 61.1 Å². The van der Waals surface area contributed by atoms with Gasteiger partial charge in [0, 0.05) is 48.9 Å². The van der Waals surface area contributed by atoms with Crippen LogP contribution in [-0.4, -0.2) is 89.9 Å². The van der Waals surface area contributed by atoms with Crippen molar-refractivity contribution >= 4 is 54.6 Å². The molecule has 0 radical (unpaired) electrons. The molecule has 0 fully saturated rings.